The van der Waals surface area contributed by atoms with Gasteiger partial charge in [0.15, 0.2) is 0 Å². The van der Waals surface area contributed by atoms with E-state index in [1.54, 1.807) is 0 Å². The van der Waals surface area contributed by atoms with E-state index in [0.29, 0.717) is 0 Å². The lowest BCUT2D eigenvalue weighted by atomic mass is 10.0. The summed E-state index contributed by atoms with van der Waals surface area (Å²) in [6, 6.07) is 10.9. The normalized spacial score (nSPS) is 11.8. The van der Waals surface area contributed by atoms with E-state index >= 15 is 0 Å². The molecular formula is C24H45N2+. The minimum Gasteiger partial charge on any atom is -0.330 e. The zero-order valence-electron chi connectivity index (χ0n) is 17.7. The maximum absolute atomic E-state index is 5.52. The van der Waals surface area contributed by atoms with Crippen molar-refractivity contribution in [3.63, 3.8) is 0 Å². The Morgan fingerprint density at radius 2 is 1.04 bits per heavy atom. The lowest BCUT2D eigenvalue weighted by molar-refractivity contribution is -0.903. The van der Waals surface area contributed by atoms with Gasteiger partial charge in [-0.1, -0.05) is 94.5 Å². The van der Waals surface area contributed by atoms with E-state index in [2.05, 4.69) is 44.4 Å². The fraction of sp³-hybridized carbons (Fsp3) is 0.750. The lowest BCUT2D eigenvalue weighted by Crippen LogP contribution is -2.39. The van der Waals surface area contributed by atoms with Crippen LogP contribution in [0.4, 0.5) is 0 Å². The van der Waals surface area contributed by atoms with Crippen molar-refractivity contribution in [3.8, 4) is 0 Å². The van der Waals surface area contributed by atoms with Crippen molar-refractivity contribution in [3.05, 3.63) is 35.9 Å². The molecule has 0 radical (unpaired) electrons. The number of nitrogens with two attached hydrogens (primary N) is 1. The Morgan fingerprint density at radius 1 is 0.615 bits per heavy atom. The molecule has 0 atom stereocenters. The van der Waals surface area contributed by atoms with E-state index in [1.165, 1.54) is 95.6 Å². The maximum Gasteiger partial charge on any atom is 0.104 e. The Labute approximate surface area is 163 Å². The molecule has 1 rings (SSSR count). The number of hydrogen-bond acceptors (Lipinski definition) is 1. The quantitative estimate of drug-likeness (QED) is 0.256. The second-order valence-electron chi connectivity index (χ2n) is 8.69. The first-order valence-corrected chi connectivity index (χ1v) is 11.2. The Kier molecular flexibility index (Phi) is 13.6. The highest BCUT2D eigenvalue weighted by atomic mass is 15.3. The second kappa shape index (κ2) is 15.2. The van der Waals surface area contributed by atoms with Crippen LogP contribution >= 0.6 is 0 Å². The minimum absolute atomic E-state index is 0.865. The molecule has 0 fully saturated rings. The number of hydrogen-bond donors (Lipinski definition) is 1. The summed E-state index contributed by atoms with van der Waals surface area (Å²) in [5, 5.41) is 0. The minimum atomic E-state index is 0.865. The van der Waals surface area contributed by atoms with Gasteiger partial charge in [0.05, 0.1) is 20.6 Å². The molecule has 0 saturated heterocycles. The monoisotopic (exact) mass is 361 g/mol. The standard InChI is InChI=1S/C24H45N2/c1-26(2,23-24-19-15-14-16-20-24)22-18-13-11-9-7-5-3-4-6-8-10-12-17-21-25/h14-16,19-20H,3-13,17-18,21-23,25H2,1-2H3/q+1. The molecule has 0 aliphatic carbocycles. The first-order chi connectivity index (χ1) is 12.6. The Bertz CT molecular complexity index is 413. The van der Waals surface area contributed by atoms with Crippen LogP contribution in [0.2, 0.25) is 0 Å². The molecule has 1 aromatic rings. The fourth-order valence-electron chi connectivity index (χ4n) is 3.79. The van der Waals surface area contributed by atoms with Gasteiger partial charge in [0, 0.05) is 5.56 Å². The smallest absolute Gasteiger partial charge is 0.104 e. The Morgan fingerprint density at radius 3 is 1.50 bits per heavy atom. The molecule has 0 saturated carbocycles. The van der Waals surface area contributed by atoms with Gasteiger partial charge in [0.1, 0.15) is 6.54 Å². The molecule has 0 bridgehead atoms. The lowest BCUT2D eigenvalue weighted by Gasteiger charge is -2.30. The summed E-state index contributed by atoms with van der Waals surface area (Å²) in [6.07, 6.45) is 18.2. The van der Waals surface area contributed by atoms with E-state index < -0.39 is 0 Å². The van der Waals surface area contributed by atoms with Crippen LogP contribution in [0.3, 0.4) is 0 Å². The third kappa shape index (κ3) is 13.4. The maximum atomic E-state index is 5.52. The summed E-state index contributed by atoms with van der Waals surface area (Å²) in [6.45, 7) is 3.30. The molecule has 2 N–H and O–H groups in total. The Hall–Kier alpha value is -0.860. The van der Waals surface area contributed by atoms with Crippen molar-refractivity contribution in [2.24, 2.45) is 5.73 Å². The topological polar surface area (TPSA) is 26.0 Å². The molecule has 26 heavy (non-hydrogen) atoms. The van der Waals surface area contributed by atoms with Crippen LogP contribution in [0.5, 0.6) is 0 Å². The summed E-state index contributed by atoms with van der Waals surface area (Å²) >= 11 is 0. The molecule has 0 amide bonds. The van der Waals surface area contributed by atoms with Gasteiger partial charge in [0.25, 0.3) is 0 Å². The summed E-state index contributed by atoms with van der Waals surface area (Å²) < 4.78 is 1.11. The van der Waals surface area contributed by atoms with Crippen LogP contribution < -0.4 is 5.73 Å². The van der Waals surface area contributed by atoms with Gasteiger partial charge in [-0.2, -0.15) is 0 Å². The van der Waals surface area contributed by atoms with Gasteiger partial charge in [-0.3, -0.25) is 0 Å². The number of rotatable bonds is 17. The highest BCUT2D eigenvalue weighted by Gasteiger charge is 2.14. The van der Waals surface area contributed by atoms with Gasteiger partial charge in [0.2, 0.25) is 0 Å². The first-order valence-electron chi connectivity index (χ1n) is 11.2. The van der Waals surface area contributed by atoms with Crippen LogP contribution in [0.1, 0.15) is 89.0 Å². The predicted octanol–water partition coefficient (Wildman–Crippen LogP) is 6.29. The van der Waals surface area contributed by atoms with Crippen LogP contribution in [-0.2, 0) is 6.54 Å². The fourth-order valence-corrected chi connectivity index (χ4v) is 3.79. The molecule has 2 heteroatoms. The summed E-state index contributed by atoms with van der Waals surface area (Å²) in [5.41, 5.74) is 6.97. The van der Waals surface area contributed by atoms with Crippen molar-refractivity contribution in [2.75, 3.05) is 27.2 Å². The highest BCUT2D eigenvalue weighted by Crippen LogP contribution is 2.14. The average Bonchev–Trinajstić information content (AvgIpc) is 2.62. The Balaban J connectivity index is 1.87. The largest absolute Gasteiger partial charge is 0.330 e. The van der Waals surface area contributed by atoms with Crippen molar-refractivity contribution in [1.82, 2.24) is 0 Å². The second-order valence-corrected chi connectivity index (χ2v) is 8.69. The van der Waals surface area contributed by atoms with E-state index in [1.807, 2.05) is 0 Å². The molecule has 0 aliphatic heterocycles. The molecular weight excluding hydrogens is 316 g/mol. The summed E-state index contributed by atoms with van der Waals surface area (Å²) in [4.78, 5) is 0. The summed E-state index contributed by atoms with van der Waals surface area (Å²) in [5.74, 6) is 0. The van der Waals surface area contributed by atoms with Gasteiger partial charge in [-0.05, 0) is 25.8 Å². The molecule has 0 spiro atoms. The highest BCUT2D eigenvalue weighted by molar-refractivity contribution is 5.13. The molecule has 0 unspecified atom stereocenters. The van der Waals surface area contributed by atoms with Crippen LogP contribution in [0.25, 0.3) is 0 Å². The van der Waals surface area contributed by atoms with Crippen molar-refractivity contribution < 1.29 is 4.48 Å². The van der Waals surface area contributed by atoms with E-state index in [4.69, 9.17) is 5.73 Å². The van der Waals surface area contributed by atoms with Gasteiger partial charge in [-0.15, -0.1) is 0 Å². The third-order valence-electron chi connectivity index (χ3n) is 5.42. The number of benzene rings is 1. The van der Waals surface area contributed by atoms with Gasteiger partial charge < -0.3 is 10.2 Å². The van der Waals surface area contributed by atoms with Crippen LogP contribution in [-0.4, -0.2) is 31.7 Å². The average molecular weight is 362 g/mol. The van der Waals surface area contributed by atoms with Crippen LogP contribution in [0, 0.1) is 0 Å². The van der Waals surface area contributed by atoms with Crippen LogP contribution in [0.15, 0.2) is 30.3 Å². The van der Waals surface area contributed by atoms with Gasteiger partial charge >= 0.3 is 0 Å². The number of nitrogens with zero attached hydrogens (tertiary/aromatic N) is 1. The van der Waals surface area contributed by atoms with Crippen molar-refractivity contribution in [2.45, 2.75) is 90.0 Å². The van der Waals surface area contributed by atoms with E-state index in [-0.39, 0.29) is 0 Å². The van der Waals surface area contributed by atoms with Crippen molar-refractivity contribution in [1.29, 1.82) is 0 Å². The molecule has 1 aromatic carbocycles. The molecule has 2 nitrogen and oxygen atoms in total. The molecule has 0 heterocycles. The van der Waals surface area contributed by atoms with Crippen molar-refractivity contribution >= 4 is 0 Å². The van der Waals surface area contributed by atoms with E-state index in [9.17, 15) is 0 Å². The predicted molar refractivity (Wildman–Crippen MR) is 116 cm³/mol. The third-order valence-corrected chi connectivity index (χ3v) is 5.42. The number of unbranched alkanes of at least 4 members (excludes halogenated alkanes) is 12. The zero-order chi connectivity index (χ0) is 18.9. The zero-order valence-corrected chi connectivity index (χ0v) is 17.7. The SMILES string of the molecule is C[N+](C)(CCCCCCCCCCCCCCCN)Cc1ccccc1. The molecule has 150 valence electrons. The van der Waals surface area contributed by atoms with Gasteiger partial charge in [-0.25, -0.2) is 0 Å². The molecule has 0 aliphatic rings. The first kappa shape index (κ1) is 23.2. The summed E-state index contributed by atoms with van der Waals surface area (Å²) in [7, 11) is 4.73. The van der Waals surface area contributed by atoms with E-state index in [0.717, 1.165) is 17.6 Å². The number of quaternary nitrogens is 1. The molecule has 0 aromatic heterocycles.